The van der Waals surface area contributed by atoms with Gasteiger partial charge in [-0.15, -0.1) is 0 Å². The lowest BCUT2D eigenvalue weighted by Crippen LogP contribution is -2.55. The van der Waals surface area contributed by atoms with Crippen molar-refractivity contribution in [2.75, 3.05) is 13.1 Å². The molecule has 3 nitrogen and oxygen atoms in total. The zero-order chi connectivity index (χ0) is 11.5. The van der Waals surface area contributed by atoms with Gasteiger partial charge in [0, 0.05) is 18.5 Å². The van der Waals surface area contributed by atoms with Crippen LogP contribution in [-0.2, 0) is 4.79 Å². The zero-order valence-electron chi connectivity index (χ0n) is 10.4. The average molecular weight is 212 g/mol. The monoisotopic (exact) mass is 212 g/mol. The summed E-state index contributed by atoms with van der Waals surface area (Å²) in [5, 5.41) is 6.55. The van der Waals surface area contributed by atoms with E-state index in [-0.39, 0.29) is 17.2 Å². The van der Waals surface area contributed by atoms with Crippen LogP contribution in [0, 0.1) is 11.3 Å². The Morgan fingerprint density at radius 3 is 2.80 bits per heavy atom. The molecule has 1 aliphatic rings. The van der Waals surface area contributed by atoms with Crippen molar-refractivity contribution in [1.82, 2.24) is 10.6 Å². The van der Waals surface area contributed by atoms with Gasteiger partial charge in [-0.2, -0.15) is 0 Å². The van der Waals surface area contributed by atoms with Crippen LogP contribution < -0.4 is 10.6 Å². The van der Waals surface area contributed by atoms with Crippen molar-refractivity contribution in [3.8, 4) is 0 Å². The van der Waals surface area contributed by atoms with Gasteiger partial charge in [-0.05, 0) is 24.8 Å². The topological polar surface area (TPSA) is 41.1 Å². The summed E-state index contributed by atoms with van der Waals surface area (Å²) in [5.74, 6) is 0.341. The van der Waals surface area contributed by atoms with Gasteiger partial charge in [0.15, 0.2) is 0 Å². The molecule has 88 valence electrons. The molecule has 0 aromatic rings. The Hall–Kier alpha value is -0.570. The Kier molecular flexibility index (Phi) is 4.14. The Labute approximate surface area is 93.0 Å². The number of nitrogens with one attached hydrogen (secondary N) is 2. The normalized spacial score (nSPS) is 27.1. The average Bonchev–Trinajstić information content (AvgIpc) is 2.19. The van der Waals surface area contributed by atoms with Crippen molar-refractivity contribution >= 4 is 5.91 Å². The smallest absolute Gasteiger partial charge is 0.223 e. The summed E-state index contributed by atoms with van der Waals surface area (Å²) in [7, 11) is 0. The number of hydrogen-bond donors (Lipinski definition) is 2. The Balaban J connectivity index is 2.52. The summed E-state index contributed by atoms with van der Waals surface area (Å²) in [6.45, 7) is 10.5. The highest BCUT2D eigenvalue weighted by Gasteiger charge is 2.33. The molecule has 1 rings (SSSR count). The van der Waals surface area contributed by atoms with Crippen LogP contribution in [0.4, 0.5) is 0 Å². The third-order valence-electron chi connectivity index (χ3n) is 3.51. The van der Waals surface area contributed by atoms with Gasteiger partial charge in [0.25, 0.3) is 0 Å². The van der Waals surface area contributed by atoms with Gasteiger partial charge in [0.05, 0.1) is 0 Å². The molecule has 0 radical (unpaired) electrons. The lowest BCUT2D eigenvalue weighted by atomic mass is 9.80. The summed E-state index contributed by atoms with van der Waals surface area (Å²) in [6.07, 6.45) is 1.95. The standard InChI is InChI=1S/C12H24N2O/c1-5-9(2)11(15)14-10-6-7-13-8-12(10,3)4/h9-10,13H,5-8H2,1-4H3,(H,14,15). The molecule has 0 spiro atoms. The highest BCUT2D eigenvalue weighted by atomic mass is 16.1. The van der Waals surface area contributed by atoms with Gasteiger partial charge in [-0.1, -0.05) is 27.7 Å². The van der Waals surface area contributed by atoms with Gasteiger partial charge in [0.2, 0.25) is 5.91 Å². The van der Waals surface area contributed by atoms with Crippen LogP contribution in [0.15, 0.2) is 0 Å². The first-order chi connectivity index (χ1) is 6.97. The molecule has 2 N–H and O–H groups in total. The Bertz CT molecular complexity index is 226. The maximum absolute atomic E-state index is 11.8. The van der Waals surface area contributed by atoms with E-state index in [9.17, 15) is 4.79 Å². The fourth-order valence-corrected chi connectivity index (χ4v) is 1.94. The Morgan fingerprint density at radius 2 is 2.27 bits per heavy atom. The van der Waals surface area contributed by atoms with E-state index in [2.05, 4.69) is 31.4 Å². The fourth-order valence-electron chi connectivity index (χ4n) is 1.94. The van der Waals surface area contributed by atoms with Crippen molar-refractivity contribution in [1.29, 1.82) is 0 Å². The summed E-state index contributed by atoms with van der Waals surface area (Å²) < 4.78 is 0. The van der Waals surface area contributed by atoms with Crippen molar-refractivity contribution in [3.63, 3.8) is 0 Å². The van der Waals surface area contributed by atoms with E-state index in [4.69, 9.17) is 0 Å². The molecule has 0 aromatic heterocycles. The van der Waals surface area contributed by atoms with E-state index < -0.39 is 0 Å². The number of carbonyl (C=O) groups excluding carboxylic acids is 1. The summed E-state index contributed by atoms with van der Waals surface area (Å²) in [5.41, 5.74) is 0.168. The van der Waals surface area contributed by atoms with Gasteiger partial charge in [-0.3, -0.25) is 4.79 Å². The molecule has 2 unspecified atom stereocenters. The van der Waals surface area contributed by atoms with Crippen LogP contribution in [0.2, 0.25) is 0 Å². The van der Waals surface area contributed by atoms with Crippen molar-refractivity contribution in [3.05, 3.63) is 0 Å². The van der Waals surface area contributed by atoms with Gasteiger partial charge < -0.3 is 10.6 Å². The number of hydrogen-bond acceptors (Lipinski definition) is 2. The second kappa shape index (κ2) is 4.97. The number of piperidine rings is 1. The lowest BCUT2D eigenvalue weighted by molar-refractivity contribution is -0.126. The third-order valence-corrected chi connectivity index (χ3v) is 3.51. The van der Waals surface area contributed by atoms with Gasteiger partial charge in [0.1, 0.15) is 0 Å². The molecule has 15 heavy (non-hydrogen) atoms. The second-order valence-corrected chi connectivity index (χ2v) is 5.32. The molecule has 3 heteroatoms. The molecule has 0 saturated carbocycles. The number of amides is 1. The summed E-state index contributed by atoms with van der Waals surface area (Å²) in [6, 6.07) is 0.320. The van der Waals surface area contributed by atoms with E-state index in [0.717, 1.165) is 25.9 Å². The molecule has 0 bridgehead atoms. The molecular formula is C12H24N2O. The van der Waals surface area contributed by atoms with Crippen molar-refractivity contribution < 1.29 is 4.79 Å². The lowest BCUT2D eigenvalue weighted by Gasteiger charge is -2.39. The molecule has 1 heterocycles. The first-order valence-electron chi connectivity index (χ1n) is 5.98. The van der Waals surface area contributed by atoms with Crippen LogP contribution in [0.3, 0.4) is 0 Å². The van der Waals surface area contributed by atoms with E-state index in [1.165, 1.54) is 0 Å². The van der Waals surface area contributed by atoms with E-state index in [1.807, 2.05) is 6.92 Å². The first-order valence-corrected chi connectivity index (χ1v) is 5.98. The molecule has 1 saturated heterocycles. The zero-order valence-corrected chi connectivity index (χ0v) is 10.4. The quantitative estimate of drug-likeness (QED) is 0.745. The van der Waals surface area contributed by atoms with Crippen LogP contribution >= 0.6 is 0 Å². The summed E-state index contributed by atoms with van der Waals surface area (Å²) in [4.78, 5) is 11.8. The van der Waals surface area contributed by atoms with E-state index >= 15 is 0 Å². The third kappa shape index (κ3) is 3.20. The van der Waals surface area contributed by atoms with Crippen LogP contribution in [0.5, 0.6) is 0 Å². The second-order valence-electron chi connectivity index (χ2n) is 5.32. The van der Waals surface area contributed by atoms with Crippen LogP contribution in [0.25, 0.3) is 0 Å². The van der Waals surface area contributed by atoms with E-state index in [1.54, 1.807) is 0 Å². The minimum Gasteiger partial charge on any atom is -0.353 e. The van der Waals surface area contributed by atoms with E-state index in [0.29, 0.717) is 6.04 Å². The first kappa shape index (κ1) is 12.5. The molecule has 1 fully saturated rings. The van der Waals surface area contributed by atoms with Gasteiger partial charge >= 0.3 is 0 Å². The van der Waals surface area contributed by atoms with Crippen LogP contribution in [0.1, 0.15) is 40.5 Å². The van der Waals surface area contributed by atoms with Crippen LogP contribution in [-0.4, -0.2) is 25.0 Å². The molecule has 2 atom stereocenters. The predicted molar refractivity (Wildman–Crippen MR) is 62.7 cm³/mol. The van der Waals surface area contributed by atoms with Gasteiger partial charge in [-0.25, -0.2) is 0 Å². The SMILES string of the molecule is CCC(C)C(=O)NC1CCNCC1(C)C. The fraction of sp³-hybridized carbons (Fsp3) is 0.917. The van der Waals surface area contributed by atoms with Crippen molar-refractivity contribution in [2.24, 2.45) is 11.3 Å². The largest absolute Gasteiger partial charge is 0.353 e. The highest BCUT2D eigenvalue weighted by molar-refractivity contribution is 5.78. The number of rotatable bonds is 3. The van der Waals surface area contributed by atoms with Crippen molar-refractivity contribution in [2.45, 2.75) is 46.6 Å². The molecule has 1 aliphatic heterocycles. The number of carbonyl (C=O) groups is 1. The summed E-state index contributed by atoms with van der Waals surface area (Å²) >= 11 is 0. The molecule has 0 aromatic carbocycles. The minimum atomic E-state index is 0.135. The molecule has 0 aliphatic carbocycles. The predicted octanol–water partition coefficient (Wildman–Crippen LogP) is 1.54. The minimum absolute atomic E-state index is 0.135. The highest BCUT2D eigenvalue weighted by Crippen LogP contribution is 2.25. The Morgan fingerprint density at radius 1 is 1.60 bits per heavy atom. The molecular weight excluding hydrogens is 188 g/mol. The maximum atomic E-state index is 11.8. The molecule has 1 amide bonds. The maximum Gasteiger partial charge on any atom is 0.223 e.